The molecule has 6 nitrogen and oxygen atoms in total. The van der Waals surface area contributed by atoms with E-state index in [1.54, 1.807) is 43.3 Å². The van der Waals surface area contributed by atoms with Crippen molar-refractivity contribution in [3.05, 3.63) is 87.8 Å². The number of Topliss-reactive ketones (excluding diaryl/α,β-unsaturated/α-hetero) is 1. The van der Waals surface area contributed by atoms with Crippen molar-refractivity contribution in [2.24, 2.45) is 0 Å². The van der Waals surface area contributed by atoms with Crippen LogP contribution in [-0.4, -0.2) is 21.8 Å². The van der Waals surface area contributed by atoms with E-state index in [1.165, 1.54) is 16.2 Å². The van der Waals surface area contributed by atoms with Crippen molar-refractivity contribution >= 4 is 55.7 Å². The van der Waals surface area contributed by atoms with Crippen molar-refractivity contribution in [3.63, 3.8) is 0 Å². The average Bonchev–Trinajstić information content (AvgIpc) is 3.44. The largest absolute Gasteiger partial charge is 0.507 e. The molecule has 1 amide bonds. The van der Waals surface area contributed by atoms with E-state index in [0.29, 0.717) is 27.2 Å². The van der Waals surface area contributed by atoms with Crippen LogP contribution in [-0.2, 0) is 9.59 Å². The number of carbonyl (C=O) groups is 2. The van der Waals surface area contributed by atoms with Crippen LogP contribution in [0.4, 0.5) is 5.13 Å². The normalized spacial score (nSPS) is 18.1. The zero-order valence-electron chi connectivity index (χ0n) is 17.1. The molecule has 160 valence electrons. The summed E-state index contributed by atoms with van der Waals surface area (Å²) in [5, 5.41) is 11.9. The van der Waals surface area contributed by atoms with Gasteiger partial charge in [0.05, 0.1) is 15.8 Å². The molecular formula is C24H17ClN2O4S. The number of ketones is 1. The Morgan fingerprint density at radius 3 is 2.53 bits per heavy atom. The van der Waals surface area contributed by atoms with Gasteiger partial charge in [0.25, 0.3) is 5.78 Å². The molecule has 1 saturated heterocycles. The van der Waals surface area contributed by atoms with Gasteiger partial charge in [-0.2, -0.15) is 0 Å². The highest BCUT2D eigenvalue weighted by molar-refractivity contribution is 7.22. The quantitative estimate of drug-likeness (QED) is 0.236. The fraction of sp³-hybridized carbons (Fsp3) is 0.125. The highest BCUT2D eigenvalue weighted by Gasteiger charge is 2.49. The Balaban J connectivity index is 1.72. The number of aliphatic hydroxyl groups is 1. The van der Waals surface area contributed by atoms with Crippen LogP contribution in [0, 0.1) is 13.8 Å². The highest BCUT2D eigenvalue weighted by atomic mass is 35.5. The lowest BCUT2D eigenvalue weighted by Crippen LogP contribution is -2.29. The summed E-state index contributed by atoms with van der Waals surface area (Å²) in [6, 6.07) is 14.7. The van der Waals surface area contributed by atoms with Gasteiger partial charge in [-0.15, -0.1) is 0 Å². The molecule has 1 aliphatic rings. The van der Waals surface area contributed by atoms with Gasteiger partial charge in [-0.1, -0.05) is 29.0 Å². The third-order valence-corrected chi connectivity index (χ3v) is 6.60. The van der Waals surface area contributed by atoms with Crippen LogP contribution in [0.25, 0.3) is 16.0 Å². The molecule has 1 fully saturated rings. The van der Waals surface area contributed by atoms with Crippen molar-refractivity contribution < 1.29 is 19.1 Å². The monoisotopic (exact) mass is 464 g/mol. The van der Waals surface area contributed by atoms with Gasteiger partial charge >= 0.3 is 5.91 Å². The lowest BCUT2D eigenvalue weighted by Gasteiger charge is -2.20. The number of hydrogen-bond acceptors (Lipinski definition) is 6. The second kappa shape index (κ2) is 7.62. The van der Waals surface area contributed by atoms with Crippen LogP contribution < -0.4 is 4.90 Å². The number of aryl methyl sites for hydroxylation is 2. The van der Waals surface area contributed by atoms with Gasteiger partial charge in [0.2, 0.25) is 0 Å². The van der Waals surface area contributed by atoms with Gasteiger partial charge in [-0.3, -0.25) is 14.5 Å². The molecule has 1 unspecified atom stereocenters. The molecule has 0 aliphatic carbocycles. The number of furan rings is 1. The lowest BCUT2D eigenvalue weighted by molar-refractivity contribution is -0.132. The first-order chi connectivity index (χ1) is 15.3. The minimum Gasteiger partial charge on any atom is -0.507 e. The summed E-state index contributed by atoms with van der Waals surface area (Å²) < 4.78 is 6.71. The molecule has 1 atom stereocenters. The SMILES string of the molecule is Cc1ccc2nc(N3C(=O)C(=O)/C(=C(/O)c4ccc(Cl)cc4)C3c3ccc(C)o3)sc2c1. The van der Waals surface area contributed by atoms with E-state index in [9.17, 15) is 14.7 Å². The molecule has 32 heavy (non-hydrogen) atoms. The average molecular weight is 465 g/mol. The van der Waals surface area contributed by atoms with Gasteiger partial charge in [0.15, 0.2) is 5.13 Å². The van der Waals surface area contributed by atoms with Crippen molar-refractivity contribution in [2.45, 2.75) is 19.9 Å². The third-order valence-electron chi connectivity index (χ3n) is 5.33. The van der Waals surface area contributed by atoms with E-state index in [4.69, 9.17) is 16.0 Å². The van der Waals surface area contributed by atoms with Crippen molar-refractivity contribution in [1.82, 2.24) is 4.98 Å². The molecule has 4 aromatic rings. The zero-order chi connectivity index (χ0) is 22.6. The molecule has 3 heterocycles. The summed E-state index contributed by atoms with van der Waals surface area (Å²) in [7, 11) is 0. The number of rotatable bonds is 3. The number of fused-ring (bicyclic) bond motifs is 1. The first-order valence-corrected chi connectivity index (χ1v) is 11.0. The number of aromatic nitrogens is 1. The number of thiazole rings is 1. The molecular weight excluding hydrogens is 448 g/mol. The van der Waals surface area contributed by atoms with Crippen LogP contribution in [0.1, 0.15) is 28.7 Å². The minimum atomic E-state index is -0.943. The van der Waals surface area contributed by atoms with Crippen molar-refractivity contribution in [3.8, 4) is 0 Å². The Labute approximate surface area is 192 Å². The van der Waals surface area contributed by atoms with Gasteiger partial charge in [-0.05, 0) is 67.9 Å². The number of nitrogens with zero attached hydrogens (tertiary/aromatic N) is 2. The van der Waals surface area contributed by atoms with Crippen LogP contribution in [0.3, 0.4) is 0 Å². The number of anilines is 1. The molecule has 0 spiro atoms. The van der Waals surface area contributed by atoms with E-state index in [0.717, 1.165) is 15.8 Å². The molecule has 1 N–H and O–H groups in total. The number of carbonyl (C=O) groups excluding carboxylic acids is 2. The van der Waals surface area contributed by atoms with Crippen LogP contribution in [0.15, 0.2) is 64.6 Å². The Kier molecular flexibility index (Phi) is 4.87. The molecule has 2 aromatic carbocycles. The maximum atomic E-state index is 13.2. The zero-order valence-corrected chi connectivity index (χ0v) is 18.7. The van der Waals surface area contributed by atoms with Crippen LogP contribution in [0.5, 0.6) is 0 Å². The first kappa shape index (κ1) is 20.5. The third kappa shape index (κ3) is 3.30. The second-order valence-corrected chi connectivity index (χ2v) is 9.04. The maximum absolute atomic E-state index is 13.2. The first-order valence-electron chi connectivity index (χ1n) is 9.84. The summed E-state index contributed by atoms with van der Waals surface area (Å²) in [6.07, 6.45) is 0. The second-order valence-electron chi connectivity index (χ2n) is 7.59. The number of amides is 1. The predicted molar refractivity (Wildman–Crippen MR) is 124 cm³/mol. The standard InChI is InChI=1S/C24H17ClN2O4S/c1-12-3-9-16-18(11-12)32-24(26-16)27-20(17-10-4-13(2)31-17)19(22(29)23(27)30)21(28)14-5-7-15(25)8-6-14/h3-11,20,28H,1-2H3/b21-19+. The predicted octanol–water partition coefficient (Wildman–Crippen LogP) is 5.79. The smallest absolute Gasteiger partial charge is 0.302 e. The maximum Gasteiger partial charge on any atom is 0.302 e. The Bertz CT molecular complexity index is 1420. The Hall–Kier alpha value is -3.42. The van der Waals surface area contributed by atoms with Crippen LogP contribution in [0.2, 0.25) is 5.02 Å². The molecule has 5 rings (SSSR count). The number of hydrogen-bond donors (Lipinski definition) is 1. The van der Waals surface area contributed by atoms with Crippen LogP contribution >= 0.6 is 22.9 Å². The number of aliphatic hydroxyl groups excluding tert-OH is 1. The Morgan fingerprint density at radius 1 is 1.09 bits per heavy atom. The minimum absolute atomic E-state index is 0.0536. The summed E-state index contributed by atoms with van der Waals surface area (Å²) in [4.78, 5) is 32.2. The van der Waals surface area contributed by atoms with E-state index >= 15 is 0 Å². The van der Waals surface area contributed by atoms with Gasteiger partial charge in [-0.25, -0.2) is 4.98 Å². The summed E-state index contributed by atoms with van der Waals surface area (Å²) in [5.74, 6) is -0.870. The summed E-state index contributed by atoms with van der Waals surface area (Å²) in [6.45, 7) is 3.75. The van der Waals surface area contributed by atoms with Crippen molar-refractivity contribution in [1.29, 1.82) is 0 Å². The topological polar surface area (TPSA) is 83.6 Å². The van der Waals surface area contributed by atoms with E-state index < -0.39 is 17.7 Å². The van der Waals surface area contributed by atoms with E-state index in [1.807, 2.05) is 25.1 Å². The fourth-order valence-corrected chi connectivity index (χ4v) is 5.00. The van der Waals surface area contributed by atoms with Crippen molar-refractivity contribution in [2.75, 3.05) is 4.90 Å². The molecule has 0 saturated carbocycles. The number of benzene rings is 2. The molecule has 0 bridgehead atoms. The molecule has 1 aliphatic heterocycles. The summed E-state index contributed by atoms with van der Waals surface area (Å²) >= 11 is 7.27. The van der Waals surface area contributed by atoms with E-state index in [-0.39, 0.29) is 11.3 Å². The van der Waals surface area contributed by atoms with Gasteiger partial charge < -0.3 is 9.52 Å². The van der Waals surface area contributed by atoms with Gasteiger partial charge in [0.1, 0.15) is 23.3 Å². The molecule has 2 aromatic heterocycles. The molecule has 0 radical (unpaired) electrons. The summed E-state index contributed by atoms with van der Waals surface area (Å²) in [5.41, 5.74) is 2.11. The molecule has 8 heteroatoms. The van der Waals surface area contributed by atoms with Gasteiger partial charge in [0, 0.05) is 10.6 Å². The Morgan fingerprint density at radius 2 is 1.84 bits per heavy atom. The van der Waals surface area contributed by atoms with E-state index in [2.05, 4.69) is 4.98 Å². The highest BCUT2D eigenvalue weighted by Crippen LogP contribution is 2.44. The fourth-order valence-electron chi connectivity index (χ4n) is 3.79. The lowest BCUT2D eigenvalue weighted by atomic mass is 9.99. The number of halogens is 1.